The van der Waals surface area contributed by atoms with E-state index in [-0.39, 0.29) is 5.92 Å². The van der Waals surface area contributed by atoms with Crippen LogP contribution < -0.4 is 9.47 Å². The van der Waals surface area contributed by atoms with Gasteiger partial charge in [0.1, 0.15) is 16.7 Å². The monoisotopic (exact) mass is 418 g/mol. The molecule has 0 aliphatic heterocycles. The molecular weight excluding hydrogens is 403 g/mol. The van der Waals surface area contributed by atoms with E-state index >= 15 is 0 Å². The van der Waals surface area contributed by atoms with E-state index < -0.39 is 0 Å². The van der Waals surface area contributed by atoms with E-state index in [0.717, 1.165) is 20.6 Å². The van der Waals surface area contributed by atoms with Crippen LogP contribution in [0.5, 0.6) is 11.5 Å². The van der Waals surface area contributed by atoms with E-state index in [1.807, 2.05) is 12.1 Å². The molecule has 1 aromatic heterocycles. The predicted molar refractivity (Wildman–Crippen MR) is 92.4 cm³/mol. The second kappa shape index (κ2) is 6.79. The third-order valence-corrected chi connectivity index (χ3v) is 4.69. The highest BCUT2D eigenvalue weighted by Crippen LogP contribution is 2.34. The van der Waals surface area contributed by atoms with Crippen LogP contribution in [0.2, 0.25) is 5.15 Å². The van der Waals surface area contributed by atoms with Gasteiger partial charge in [0.25, 0.3) is 0 Å². The topological polar surface area (TPSA) is 44.2 Å². The molecule has 1 heterocycles. The number of rotatable bonds is 4. The number of methoxy groups -OCH3 is 2. The summed E-state index contributed by atoms with van der Waals surface area (Å²) in [4.78, 5) is 9.02. The Bertz CT molecular complexity index is 662. The van der Waals surface area contributed by atoms with E-state index in [2.05, 4.69) is 46.4 Å². The molecule has 1 aromatic carbocycles. The van der Waals surface area contributed by atoms with Gasteiger partial charge in [0.15, 0.2) is 5.82 Å². The molecule has 0 atom stereocenters. The van der Waals surface area contributed by atoms with Gasteiger partial charge in [0, 0.05) is 6.07 Å². The second-order valence-electron chi connectivity index (χ2n) is 4.76. The van der Waals surface area contributed by atoms with Crippen molar-refractivity contribution in [3.05, 3.63) is 32.6 Å². The average molecular weight is 419 g/mol. The van der Waals surface area contributed by atoms with Crippen LogP contribution in [-0.2, 0) is 0 Å². The molecule has 0 aliphatic rings. The molecule has 6 heteroatoms. The molecule has 2 rings (SSSR count). The molecule has 0 amide bonds. The summed E-state index contributed by atoms with van der Waals surface area (Å²) < 4.78 is 11.5. The predicted octanol–water partition coefficient (Wildman–Crippen LogP) is 4.54. The van der Waals surface area contributed by atoms with Crippen LogP contribution in [0.25, 0.3) is 11.4 Å². The lowest BCUT2D eigenvalue weighted by molar-refractivity contribution is 0.395. The zero-order chi connectivity index (χ0) is 15.6. The Morgan fingerprint density at radius 1 is 1.14 bits per heavy atom. The average Bonchev–Trinajstić information content (AvgIpc) is 2.48. The zero-order valence-electron chi connectivity index (χ0n) is 12.3. The number of benzene rings is 1. The van der Waals surface area contributed by atoms with Crippen molar-refractivity contribution >= 4 is 34.2 Å². The first-order valence-corrected chi connectivity index (χ1v) is 7.89. The smallest absolute Gasteiger partial charge is 0.164 e. The number of hydrogen-bond acceptors (Lipinski definition) is 4. The molecule has 21 heavy (non-hydrogen) atoms. The van der Waals surface area contributed by atoms with Gasteiger partial charge in [0.2, 0.25) is 0 Å². The van der Waals surface area contributed by atoms with Crippen molar-refractivity contribution in [2.24, 2.45) is 0 Å². The van der Waals surface area contributed by atoms with E-state index in [1.165, 1.54) is 0 Å². The van der Waals surface area contributed by atoms with E-state index in [4.69, 9.17) is 21.1 Å². The fourth-order valence-corrected chi connectivity index (χ4v) is 2.96. The summed E-state index contributed by atoms with van der Waals surface area (Å²) in [6.07, 6.45) is 0. The molecule has 0 unspecified atom stereocenters. The van der Waals surface area contributed by atoms with Gasteiger partial charge in [0.05, 0.1) is 29.0 Å². The molecule has 0 saturated carbocycles. The fourth-order valence-electron chi connectivity index (χ4n) is 1.92. The minimum atomic E-state index is 0.264. The van der Waals surface area contributed by atoms with Crippen molar-refractivity contribution in [1.29, 1.82) is 0 Å². The summed E-state index contributed by atoms with van der Waals surface area (Å²) in [5.74, 6) is 2.20. The Balaban J connectivity index is 2.61. The van der Waals surface area contributed by atoms with Crippen molar-refractivity contribution in [2.75, 3.05) is 14.2 Å². The summed E-state index contributed by atoms with van der Waals surface area (Å²) in [7, 11) is 3.22. The number of nitrogens with zero attached hydrogens (tertiary/aromatic N) is 2. The van der Waals surface area contributed by atoms with Gasteiger partial charge in [-0.2, -0.15) is 0 Å². The molecule has 0 bridgehead atoms. The lowest BCUT2D eigenvalue weighted by Crippen LogP contribution is -2.03. The Kier molecular flexibility index (Phi) is 5.27. The Morgan fingerprint density at radius 2 is 1.86 bits per heavy atom. The van der Waals surface area contributed by atoms with Crippen LogP contribution in [0.4, 0.5) is 0 Å². The maximum atomic E-state index is 6.24. The van der Waals surface area contributed by atoms with Crippen molar-refractivity contribution < 1.29 is 9.47 Å². The van der Waals surface area contributed by atoms with Crippen molar-refractivity contribution in [3.63, 3.8) is 0 Å². The molecule has 0 spiro atoms. The van der Waals surface area contributed by atoms with Crippen LogP contribution in [-0.4, -0.2) is 24.2 Å². The summed E-state index contributed by atoms with van der Waals surface area (Å²) in [6.45, 7) is 4.16. The molecule has 112 valence electrons. The maximum Gasteiger partial charge on any atom is 0.164 e. The largest absolute Gasteiger partial charge is 0.497 e. The first-order valence-electron chi connectivity index (χ1n) is 6.43. The van der Waals surface area contributed by atoms with Crippen LogP contribution in [0.3, 0.4) is 0 Å². The highest BCUT2D eigenvalue weighted by atomic mass is 127. The van der Waals surface area contributed by atoms with Gasteiger partial charge in [-0.3, -0.25) is 0 Å². The number of ether oxygens (including phenoxy) is 2. The number of hydrogen-bond donors (Lipinski definition) is 0. The van der Waals surface area contributed by atoms with Gasteiger partial charge < -0.3 is 9.47 Å². The van der Waals surface area contributed by atoms with E-state index in [9.17, 15) is 0 Å². The zero-order valence-corrected chi connectivity index (χ0v) is 15.2. The summed E-state index contributed by atoms with van der Waals surface area (Å²) in [5.41, 5.74) is 1.72. The first-order chi connectivity index (χ1) is 9.97. The van der Waals surface area contributed by atoms with E-state index in [0.29, 0.717) is 16.7 Å². The van der Waals surface area contributed by atoms with Gasteiger partial charge in [-0.1, -0.05) is 25.4 Å². The van der Waals surface area contributed by atoms with Crippen LogP contribution in [0.15, 0.2) is 18.2 Å². The molecule has 2 aromatic rings. The SMILES string of the molecule is COc1ccc(-c2nc(Cl)c(I)c(C(C)C)n2)c(OC)c1. The number of aromatic nitrogens is 2. The second-order valence-corrected chi connectivity index (χ2v) is 6.19. The van der Waals surface area contributed by atoms with E-state index in [1.54, 1.807) is 20.3 Å². The third-order valence-electron chi connectivity index (χ3n) is 3.03. The molecule has 0 saturated heterocycles. The Labute approximate surface area is 143 Å². The summed E-state index contributed by atoms with van der Waals surface area (Å²) in [5, 5.41) is 0.460. The van der Waals surface area contributed by atoms with Gasteiger partial charge >= 0.3 is 0 Å². The third kappa shape index (κ3) is 3.40. The van der Waals surface area contributed by atoms with Crippen LogP contribution in [0.1, 0.15) is 25.5 Å². The summed E-state index contributed by atoms with van der Waals surface area (Å²) in [6, 6.07) is 5.53. The lowest BCUT2D eigenvalue weighted by Gasteiger charge is -2.13. The van der Waals surface area contributed by atoms with Gasteiger partial charge in [-0.05, 0) is 40.6 Å². The fraction of sp³-hybridized carbons (Fsp3) is 0.333. The minimum Gasteiger partial charge on any atom is -0.497 e. The maximum absolute atomic E-state index is 6.24. The molecule has 0 N–H and O–H groups in total. The first kappa shape index (κ1) is 16.3. The summed E-state index contributed by atoms with van der Waals surface area (Å²) >= 11 is 8.42. The number of halogens is 2. The molecule has 4 nitrogen and oxygen atoms in total. The van der Waals surface area contributed by atoms with Crippen LogP contribution >= 0.6 is 34.2 Å². The van der Waals surface area contributed by atoms with Gasteiger partial charge in [-0.25, -0.2) is 9.97 Å². The molecular formula is C15H16ClIN2O2. The van der Waals surface area contributed by atoms with Crippen molar-refractivity contribution in [2.45, 2.75) is 19.8 Å². The normalized spacial score (nSPS) is 10.8. The van der Waals surface area contributed by atoms with Crippen molar-refractivity contribution in [3.8, 4) is 22.9 Å². The molecule has 0 radical (unpaired) electrons. The Hall–Kier alpha value is -1.08. The van der Waals surface area contributed by atoms with Gasteiger partial charge in [-0.15, -0.1) is 0 Å². The highest BCUT2D eigenvalue weighted by molar-refractivity contribution is 14.1. The standard InChI is InChI=1S/C15H16ClIN2O2/c1-8(2)13-12(17)14(16)19-15(18-13)10-6-5-9(20-3)7-11(10)21-4/h5-8H,1-4H3. The Morgan fingerprint density at radius 3 is 2.43 bits per heavy atom. The highest BCUT2D eigenvalue weighted by Gasteiger charge is 2.17. The van der Waals surface area contributed by atoms with Crippen molar-refractivity contribution in [1.82, 2.24) is 9.97 Å². The quantitative estimate of drug-likeness (QED) is 0.540. The molecule has 0 aliphatic carbocycles. The molecule has 0 fully saturated rings. The van der Waals surface area contributed by atoms with Crippen LogP contribution in [0, 0.1) is 3.57 Å². The lowest BCUT2D eigenvalue weighted by atomic mass is 10.1. The minimum absolute atomic E-state index is 0.264.